The van der Waals surface area contributed by atoms with Gasteiger partial charge in [0.1, 0.15) is 0 Å². The van der Waals surface area contributed by atoms with Crippen molar-refractivity contribution in [3.8, 4) is 0 Å². The van der Waals surface area contributed by atoms with Crippen LogP contribution in [0, 0.1) is 0 Å². The molecule has 102 valence electrons. The van der Waals surface area contributed by atoms with E-state index < -0.39 is 11.9 Å². The van der Waals surface area contributed by atoms with Gasteiger partial charge in [-0.3, -0.25) is 0 Å². The summed E-state index contributed by atoms with van der Waals surface area (Å²) in [5.74, 6) is -1.84. The molecule has 19 heavy (non-hydrogen) atoms. The minimum Gasteiger partial charge on any atom is -0.478 e. The number of hydrogen-bond acceptors (Lipinski definition) is 2. The molecule has 1 aromatic carbocycles. The molecule has 0 unspecified atom stereocenters. The molecule has 0 aliphatic carbocycles. The summed E-state index contributed by atoms with van der Waals surface area (Å²) in [5, 5.41) is 16.5. The lowest BCUT2D eigenvalue weighted by atomic mass is 10.1. The zero-order valence-corrected chi connectivity index (χ0v) is 10.9. The van der Waals surface area contributed by atoms with Gasteiger partial charge in [-0.2, -0.15) is 0 Å². The number of hydrogen-bond donors (Lipinski definition) is 2. The lowest BCUT2D eigenvalue weighted by Gasteiger charge is -2.00. The molecule has 0 radical (unpaired) electrons. The van der Waals surface area contributed by atoms with Crippen LogP contribution in [0.2, 0.25) is 0 Å². The Bertz CT molecular complexity index is 448. The van der Waals surface area contributed by atoms with Gasteiger partial charge in [0.05, 0.1) is 0 Å². The molecule has 0 spiro atoms. The molecule has 0 saturated heterocycles. The molecule has 0 aromatic heterocycles. The van der Waals surface area contributed by atoms with Crippen LogP contribution < -0.4 is 0 Å². The summed E-state index contributed by atoms with van der Waals surface area (Å²) in [4.78, 5) is 20.0. The van der Waals surface area contributed by atoms with Crippen LogP contribution in [0.5, 0.6) is 0 Å². The maximum atomic E-state index is 10.4. The molecule has 0 heterocycles. The first-order valence-corrected chi connectivity index (χ1v) is 5.68. The van der Waals surface area contributed by atoms with E-state index in [0.717, 1.165) is 12.0 Å². The van der Waals surface area contributed by atoms with Crippen LogP contribution in [-0.2, 0) is 16.0 Å². The number of carboxylic acids is 2. The highest BCUT2D eigenvalue weighted by molar-refractivity contribution is 5.85. The largest absolute Gasteiger partial charge is 0.478 e. The van der Waals surface area contributed by atoms with E-state index in [0.29, 0.717) is 6.42 Å². The molecule has 2 N–H and O–H groups in total. The van der Waals surface area contributed by atoms with Crippen molar-refractivity contribution in [3.63, 3.8) is 0 Å². The fourth-order valence-electron chi connectivity index (χ4n) is 1.05. The van der Waals surface area contributed by atoms with Gasteiger partial charge in [-0.05, 0) is 25.3 Å². The van der Waals surface area contributed by atoms with E-state index in [1.165, 1.54) is 6.92 Å². The van der Waals surface area contributed by atoms with Crippen LogP contribution in [0.4, 0.5) is 0 Å². The highest BCUT2D eigenvalue weighted by Gasteiger charge is 2.03. The Morgan fingerprint density at radius 1 is 1.05 bits per heavy atom. The zero-order chi connectivity index (χ0) is 14.8. The second-order valence-electron chi connectivity index (χ2n) is 3.98. The summed E-state index contributed by atoms with van der Waals surface area (Å²) < 4.78 is 0. The van der Waals surface area contributed by atoms with Crippen molar-refractivity contribution in [1.82, 2.24) is 0 Å². The first kappa shape index (κ1) is 16.6. The third kappa shape index (κ3) is 8.37. The Balaban J connectivity index is 0.000000459. The van der Waals surface area contributed by atoms with E-state index >= 15 is 0 Å². The summed E-state index contributed by atoms with van der Waals surface area (Å²) in [7, 11) is 0. The van der Waals surface area contributed by atoms with Crippen molar-refractivity contribution in [1.29, 1.82) is 0 Å². The maximum absolute atomic E-state index is 10.4. The minimum atomic E-state index is -0.935. The Morgan fingerprint density at radius 3 is 1.89 bits per heavy atom. The average molecular weight is 262 g/mol. The Hall–Kier alpha value is -2.36. The van der Waals surface area contributed by atoms with E-state index in [4.69, 9.17) is 10.2 Å². The number of aryl methyl sites for hydroxylation is 1. The van der Waals surface area contributed by atoms with E-state index in [-0.39, 0.29) is 11.1 Å². The molecule has 0 amide bonds. The van der Waals surface area contributed by atoms with Gasteiger partial charge in [-0.15, -0.1) is 0 Å². The Labute approximate surface area is 112 Å². The number of carboxylic acid groups (broad SMARTS) is 2. The summed E-state index contributed by atoms with van der Waals surface area (Å²) in [6.45, 7) is 8.07. The summed E-state index contributed by atoms with van der Waals surface area (Å²) in [6, 6.07) is 9.79. The summed E-state index contributed by atoms with van der Waals surface area (Å²) >= 11 is 0. The van der Waals surface area contributed by atoms with Gasteiger partial charge in [0, 0.05) is 11.1 Å². The van der Waals surface area contributed by atoms with Crippen LogP contribution in [0.25, 0.3) is 0 Å². The number of benzene rings is 1. The van der Waals surface area contributed by atoms with Crippen LogP contribution in [0.1, 0.15) is 18.9 Å². The molecule has 0 atom stereocenters. The van der Waals surface area contributed by atoms with Gasteiger partial charge in [-0.25, -0.2) is 9.59 Å². The molecule has 0 bridgehead atoms. The molecule has 4 nitrogen and oxygen atoms in total. The topological polar surface area (TPSA) is 74.6 Å². The molecule has 0 saturated carbocycles. The molecule has 0 aliphatic rings. The molecule has 1 rings (SSSR count). The molecule has 1 aromatic rings. The monoisotopic (exact) mass is 262 g/mol. The second kappa shape index (κ2) is 8.69. The van der Waals surface area contributed by atoms with Crippen LogP contribution in [0.15, 0.2) is 54.6 Å². The fraction of sp³-hybridized carbons (Fsp3) is 0.200. The average Bonchev–Trinajstić information content (AvgIpc) is 2.37. The normalized spacial score (nSPS) is 8.89. The molecule has 0 aliphatic heterocycles. The van der Waals surface area contributed by atoms with Crippen LogP contribution in [0.3, 0.4) is 0 Å². The van der Waals surface area contributed by atoms with Crippen LogP contribution in [-0.4, -0.2) is 22.2 Å². The molecular formula is C15H18O4. The zero-order valence-electron chi connectivity index (χ0n) is 10.9. The van der Waals surface area contributed by atoms with Gasteiger partial charge >= 0.3 is 11.9 Å². The quantitative estimate of drug-likeness (QED) is 0.800. The molecule has 0 fully saturated rings. The first-order valence-electron chi connectivity index (χ1n) is 5.68. The number of rotatable bonds is 5. The van der Waals surface area contributed by atoms with E-state index in [1.54, 1.807) is 0 Å². The summed E-state index contributed by atoms with van der Waals surface area (Å²) in [6.07, 6.45) is 1.26. The van der Waals surface area contributed by atoms with Gasteiger partial charge in [0.2, 0.25) is 0 Å². The van der Waals surface area contributed by atoms with Crippen molar-refractivity contribution >= 4 is 11.9 Å². The van der Waals surface area contributed by atoms with Crippen molar-refractivity contribution in [2.75, 3.05) is 0 Å². The predicted molar refractivity (Wildman–Crippen MR) is 74.0 cm³/mol. The molecular weight excluding hydrogens is 244 g/mol. The smallest absolute Gasteiger partial charge is 0.330 e. The van der Waals surface area contributed by atoms with E-state index in [9.17, 15) is 9.59 Å². The van der Waals surface area contributed by atoms with Crippen molar-refractivity contribution in [3.05, 3.63) is 60.2 Å². The third-order valence-corrected chi connectivity index (χ3v) is 2.23. The Morgan fingerprint density at radius 2 is 1.53 bits per heavy atom. The highest BCUT2D eigenvalue weighted by Crippen LogP contribution is 2.07. The lowest BCUT2D eigenvalue weighted by molar-refractivity contribution is -0.133. The van der Waals surface area contributed by atoms with Gasteiger partial charge in [-0.1, -0.05) is 43.5 Å². The lowest BCUT2D eigenvalue weighted by Crippen LogP contribution is -2.00. The molecule has 4 heteroatoms. The van der Waals surface area contributed by atoms with Gasteiger partial charge < -0.3 is 10.2 Å². The van der Waals surface area contributed by atoms with Crippen molar-refractivity contribution in [2.24, 2.45) is 0 Å². The fourth-order valence-corrected chi connectivity index (χ4v) is 1.05. The van der Waals surface area contributed by atoms with Crippen molar-refractivity contribution < 1.29 is 19.8 Å². The van der Waals surface area contributed by atoms with Gasteiger partial charge in [0.25, 0.3) is 0 Å². The standard InChI is InChI=1S/C11H12O2.C4H6O2/c1-9(11(12)13)7-8-10-5-3-2-4-6-10;1-3(2)4(5)6/h2-6H,1,7-8H2,(H,12,13);1H2,2H3,(H,5,6). The first-order chi connectivity index (χ1) is 8.84. The predicted octanol–water partition coefficient (Wildman–Crippen LogP) is 2.91. The SMILES string of the molecule is C=C(C)C(=O)O.C=C(CCc1ccccc1)C(=O)O. The third-order valence-electron chi connectivity index (χ3n) is 2.23. The Kier molecular flexibility index (Phi) is 7.61. The highest BCUT2D eigenvalue weighted by atomic mass is 16.4. The minimum absolute atomic E-state index is 0.176. The maximum Gasteiger partial charge on any atom is 0.330 e. The number of aliphatic carboxylic acids is 2. The summed E-state index contributed by atoms with van der Waals surface area (Å²) in [5.41, 5.74) is 1.59. The second-order valence-corrected chi connectivity index (χ2v) is 3.98. The van der Waals surface area contributed by atoms with Gasteiger partial charge in [0.15, 0.2) is 0 Å². The number of carbonyl (C=O) groups is 2. The van der Waals surface area contributed by atoms with E-state index in [1.807, 2.05) is 30.3 Å². The van der Waals surface area contributed by atoms with Crippen molar-refractivity contribution in [2.45, 2.75) is 19.8 Å². The van der Waals surface area contributed by atoms with Crippen LogP contribution >= 0.6 is 0 Å². The van der Waals surface area contributed by atoms with E-state index in [2.05, 4.69) is 13.2 Å².